The Morgan fingerprint density at radius 2 is 1.90 bits per heavy atom. The number of allylic oxidation sites excluding steroid dienone is 1. The second-order valence-corrected chi connectivity index (χ2v) is 4.02. The van der Waals surface area contributed by atoms with Crippen molar-refractivity contribution < 1.29 is 24.2 Å². The zero-order valence-corrected chi connectivity index (χ0v) is 11.9. The van der Waals surface area contributed by atoms with E-state index in [1.807, 2.05) is 18.2 Å². The summed E-state index contributed by atoms with van der Waals surface area (Å²) < 4.78 is 9.63. The molecule has 0 atom stereocenters. The fourth-order valence-electron chi connectivity index (χ4n) is 1.38. The van der Waals surface area contributed by atoms with Crippen molar-refractivity contribution in [2.24, 2.45) is 4.99 Å². The lowest BCUT2D eigenvalue weighted by molar-refractivity contribution is -0.138. The van der Waals surface area contributed by atoms with Gasteiger partial charge in [-0.2, -0.15) is 4.99 Å². The number of hydrogen-bond acceptors (Lipinski definition) is 5. The molecule has 0 heterocycles. The minimum absolute atomic E-state index is 0.0770. The van der Waals surface area contributed by atoms with Gasteiger partial charge in [0, 0.05) is 0 Å². The van der Waals surface area contributed by atoms with E-state index in [4.69, 9.17) is 9.47 Å². The third-order valence-corrected chi connectivity index (χ3v) is 2.39. The number of carbonyl (C=O) groups is 2. The van der Waals surface area contributed by atoms with E-state index < -0.39 is 12.1 Å². The quantitative estimate of drug-likeness (QED) is 0.390. The molecule has 0 bridgehead atoms. The average Bonchev–Trinajstić information content (AvgIpc) is 2.46. The van der Waals surface area contributed by atoms with Gasteiger partial charge in [-0.1, -0.05) is 30.3 Å². The van der Waals surface area contributed by atoms with Crippen molar-refractivity contribution in [1.82, 2.24) is 0 Å². The molecule has 1 amide bonds. The summed E-state index contributed by atoms with van der Waals surface area (Å²) in [7, 11) is 0. The van der Waals surface area contributed by atoms with Crippen LogP contribution in [0.15, 0.2) is 46.7 Å². The summed E-state index contributed by atoms with van der Waals surface area (Å²) in [6, 6.07) is 9.11. The van der Waals surface area contributed by atoms with Crippen molar-refractivity contribution in [1.29, 1.82) is 0 Å². The fourth-order valence-corrected chi connectivity index (χ4v) is 1.38. The molecule has 0 saturated heterocycles. The largest absolute Gasteiger partial charge is 0.512 e. The van der Waals surface area contributed by atoms with Crippen molar-refractivity contribution in [2.45, 2.75) is 20.5 Å². The minimum Gasteiger partial charge on any atom is -0.512 e. The van der Waals surface area contributed by atoms with Crippen LogP contribution in [0.25, 0.3) is 0 Å². The lowest BCUT2D eigenvalue weighted by atomic mass is 10.2. The number of esters is 1. The molecule has 0 unspecified atom stereocenters. The van der Waals surface area contributed by atoms with Gasteiger partial charge in [-0.05, 0) is 19.4 Å². The smallest absolute Gasteiger partial charge is 0.433 e. The number of aliphatic imine (C=N–C) groups is 1. The van der Waals surface area contributed by atoms with Crippen LogP contribution in [0.1, 0.15) is 19.4 Å². The maximum atomic E-state index is 11.5. The molecule has 21 heavy (non-hydrogen) atoms. The molecule has 1 N–H and O–H groups in total. The Morgan fingerprint density at radius 3 is 2.48 bits per heavy atom. The molecule has 0 aromatic heterocycles. The van der Waals surface area contributed by atoms with Crippen molar-refractivity contribution in [3.63, 3.8) is 0 Å². The summed E-state index contributed by atoms with van der Waals surface area (Å²) in [5.41, 5.74) is 0.633. The number of amides is 1. The highest BCUT2D eigenvalue weighted by atomic mass is 16.5. The highest BCUT2D eigenvalue weighted by molar-refractivity contribution is 6.11. The summed E-state index contributed by atoms with van der Waals surface area (Å²) in [6.45, 7) is 3.16. The standard InChI is InChI=1S/C15H17NO5/c1-3-20-14(18)13(11(2)17)9-16-15(19)21-10-12-7-5-4-6-8-12/h4-9,17H,3,10H2,1-2H3. The molecule has 0 aliphatic carbocycles. The van der Waals surface area contributed by atoms with E-state index in [9.17, 15) is 14.7 Å². The molecular weight excluding hydrogens is 274 g/mol. The Morgan fingerprint density at radius 1 is 1.24 bits per heavy atom. The Kier molecular flexibility index (Phi) is 6.67. The summed E-state index contributed by atoms with van der Waals surface area (Å²) >= 11 is 0. The Bertz CT molecular complexity index is 544. The molecule has 1 aromatic carbocycles. The molecule has 0 spiro atoms. The van der Waals surface area contributed by atoms with E-state index in [2.05, 4.69) is 4.99 Å². The van der Waals surface area contributed by atoms with Gasteiger partial charge in [0.25, 0.3) is 0 Å². The minimum atomic E-state index is -0.859. The molecule has 1 rings (SSSR count). The SMILES string of the molecule is CCOC(=O)C(C=NC(=O)OCc1ccccc1)=C(C)O. The van der Waals surface area contributed by atoms with Crippen LogP contribution in [0.5, 0.6) is 0 Å². The molecule has 0 aliphatic heterocycles. The van der Waals surface area contributed by atoms with Crippen LogP contribution in [-0.2, 0) is 20.9 Å². The van der Waals surface area contributed by atoms with Gasteiger partial charge in [0.2, 0.25) is 0 Å². The summed E-state index contributed by atoms with van der Waals surface area (Å²) in [6.07, 6.45) is 0.0719. The maximum Gasteiger partial charge on any atom is 0.433 e. The van der Waals surface area contributed by atoms with Gasteiger partial charge in [0.15, 0.2) is 0 Å². The molecule has 0 radical (unpaired) electrons. The van der Waals surface area contributed by atoms with Gasteiger partial charge in [-0.25, -0.2) is 9.59 Å². The summed E-state index contributed by atoms with van der Waals surface area (Å²) in [5.74, 6) is -1.04. The van der Waals surface area contributed by atoms with Crippen LogP contribution in [0.2, 0.25) is 0 Å². The zero-order chi connectivity index (χ0) is 15.7. The van der Waals surface area contributed by atoms with Crippen LogP contribution >= 0.6 is 0 Å². The molecular formula is C15H17NO5. The van der Waals surface area contributed by atoms with E-state index in [1.54, 1.807) is 19.1 Å². The first-order chi connectivity index (χ1) is 10.0. The number of aliphatic hydroxyl groups excluding tert-OH is 1. The first-order valence-corrected chi connectivity index (χ1v) is 6.36. The predicted octanol–water partition coefficient (Wildman–Crippen LogP) is 2.79. The Labute approximate surface area is 122 Å². The fraction of sp³-hybridized carbons (Fsp3) is 0.267. The van der Waals surface area contributed by atoms with Crippen LogP contribution in [0.3, 0.4) is 0 Å². The van der Waals surface area contributed by atoms with Gasteiger partial charge >= 0.3 is 12.1 Å². The lowest BCUT2D eigenvalue weighted by Gasteiger charge is -2.03. The number of rotatable bonds is 5. The number of carbonyl (C=O) groups excluding carboxylic acids is 2. The number of hydrogen-bond donors (Lipinski definition) is 1. The highest BCUT2D eigenvalue weighted by Gasteiger charge is 2.12. The van der Waals surface area contributed by atoms with Crippen LogP contribution in [-0.4, -0.2) is 30.0 Å². The predicted molar refractivity (Wildman–Crippen MR) is 77.1 cm³/mol. The molecule has 0 aliphatic rings. The summed E-state index contributed by atoms with van der Waals surface area (Å²) in [5, 5.41) is 9.37. The third-order valence-electron chi connectivity index (χ3n) is 2.39. The highest BCUT2D eigenvalue weighted by Crippen LogP contribution is 2.04. The molecule has 6 nitrogen and oxygen atoms in total. The van der Waals surface area contributed by atoms with E-state index in [1.165, 1.54) is 6.92 Å². The maximum absolute atomic E-state index is 11.5. The van der Waals surface area contributed by atoms with E-state index in [0.29, 0.717) is 0 Å². The lowest BCUT2D eigenvalue weighted by Crippen LogP contribution is -2.11. The number of aliphatic hydroxyl groups is 1. The molecule has 0 saturated carbocycles. The van der Waals surface area contributed by atoms with Crippen LogP contribution in [0.4, 0.5) is 4.79 Å². The topological polar surface area (TPSA) is 85.2 Å². The second-order valence-electron chi connectivity index (χ2n) is 4.02. The van der Waals surface area contributed by atoms with Crippen molar-refractivity contribution >= 4 is 18.3 Å². The van der Waals surface area contributed by atoms with Gasteiger partial charge in [-0.3, -0.25) is 0 Å². The van der Waals surface area contributed by atoms with E-state index >= 15 is 0 Å². The van der Waals surface area contributed by atoms with Gasteiger partial charge in [-0.15, -0.1) is 0 Å². The number of benzene rings is 1. The molecule has 0 fully saturated rings. The Balaban J connectivity index is 2.59. The van der Waals surface area contributed by atoms with Crippen molar-refractivity contribution in [3.05, 3.63) is 47.2 Å². The van der Waals surface area contributed by atoms with Gasteiger partial charge in [0.05, 0.1) is 12.8 Å². The van der Waals surface area contributed by atoms with Crippen LogP contribution < -0.4 is 0 Å². The summed E-state index contributed by atoms with van der Waals surface area (Å²) in [4.78, 5) is 26.4. The monoisotopic (exact) mass is 291 g/mol. The van der Waals surface area contributed by atoms with E-state index in [0.717, 1.165) is 11.8 Å². The molecule has 112 valence electrons. The van der Waals surface area contributed by atoms with Crippen molar-refractivity contribution in [3.8, 4) is 0 Å². The van der Waals surface area contributed by atoms with Gasteiger partial charge in [0.1, 0.15) is 17.9 Å². The molecule has 1 aromatic rings. The Hall–Kier alpha value is -2.63. The first kappa shape index (κ1) is 16.4. The number of ether oxygens (including phenoxy) is 2. The zero-order valence-electron chi connectivity index (χ0n) is 11.9. The normalized spacial score (nSPS) is 11.9. The average molecular weight is 291 g/mol. The first-order valence-electron chi connectivity index (χ1n) is 6.36. The van der Waals surface area contributed by atoms with Gasteiger partial charge < -0.3 is 14.6 Å². The van der Waals surface area contributed by atoms with E-state index in [-0.39, 0.29) is 24.5 Å². The molecule has 6 heteroatoms. The number of nitrogens with zero attached hydrogens (tertiary/aromatic N) is 1. The second kappa shape index (κ2) is 8.52. The van der Waals surface area contributed by atoms with Crippen LogP contribution in [0, 0.1) is 0 Å². The third kappa shape index (κ3) is 5.90. The van der Waals surface area contributed by atoms with Crippen molar-refractivity contribution in [2.75, 3.05) is 6.61 Å².